The number of esters is 1. The normalized spacial score (nSPS) is 11.6. The summed E-state index contributed by atoms with van der Waals surface area (Å²) in [7, 11) is 2.73. The first-order chi connectivity index (χ1) is 11.9. The molecule has 25 heavy (non-hydrogen) atoms. The van der Waals surface area contributed by atoms with Crippen LogP contribution in [0.1, 0.15) is 36.6 Å². The lowest BCUT2D eigenvalue weighted by molar-refractivity contribution is -0.138. The monoisotopic (exact) mass is 344 g/mol. The van der Waals surface area contributed by atoms with Crippen molar-refractivity contribution in [1.82, 2.24) is 9.78 Å². The minimum atomic E-state index is -0.607. The van der Waals surface area contributed by atoms with E-state index in [0.29, 0.717) is 11.7 Å². The van der Waals surface area contributed by atoms with Crippen LogP contribution in [0.15, 0.2) is 36.4 Å². The highest BCUT2D eigenvalue weighted by atomic mass is 16.6. The van der Waals surface area contributed by atoms with Gasteiger partial charge in [0, 0.05) is 12.3 Å². The smallest absolute Gasteiger partial charge is 0.377 e. The summed E-state index contributed by atoms with van der Waals surface area (Å²) in [6.45, 7) is 8.12. The lowest BCUT2D eigenvalue weighted by Crippen LogP contribution is -2.12. The molecule has 0 aliphatic carbocycles. The van der Waals surface area contributed by atoms with Gasteiger partial charge in [0.1, 0.15) is 12.0 Å². The van der Waals surface area contributed by atoms with Crippen molar-refractivity contribution >= 4 is 5.97 Å². The molecule has 6 heteroatoms. The van der Waals surface area contributed by atoms with E-state index in [1.807, 2.05) is 42.9 Å². The van der Waals surface area contributed by atoms with Crippen molar-refractivity contribution < 1.29 is 19.0 Å². The van der Waals surface area contributed by atoms with Gasteiger partial charge in [0.05, 0.1) is 25.6 Å². The van der Waals surface area contributed by atoms with Crippen molar-refractivity contribution in [2.45, 2.75) is 33.6 Å². The molecule has 0 aliphatic rings. The van der Waals surface area contributed by atoms with Gasteiger partial charge in [-0.15, -0.1) is 0 Å². The fourth-order valence-electron chi connectivity index (χ4n) is 2.40. The number of rotatable bonds is 6. The third-order valence-corrected chi connectivity index (χ3v) is 3.77. The summed E-state index contributed by atoms with van der Waals surface area (Å²) in [4.78, 5) is 11.8. The van der Waals surface area contributed by atoms with E-state index in [1.54, 1.807) is 0 Å². The topological polar surface area (TPSA) is 62.6 Å². The predicted octanol–water partition coefficient (Wildman–Crippen LogP) is 3.65. The lowest BCUT2D eigenvalue weighted by atomic mass is 10.1. The van der Waals surface area contributed by atoms with E-state index < -0.39 is 5.97 Å². The highest BCUT2D eigenvalue weighted by Gasteiger charge is 2.16. The van der Waals surface area contributed by atoms with E-state index in [4.69, 9.17) is 14.2 Å². The van der Waals surface area contributed by atoms with E-state index in [1.165, 1.54) is 20.5 Å². The molecule has 0 saturated heterocycles. The molecule has 2 rings (SSSR count). The van der Waals surface area contributed by atoms with Gasteiger partial charge in [0.25, 0.3) is 0 Å². The van der Waals surface area contributed by atoms with Crippen LogP contribution in [-0.4, -0.2) is 30.0 Å². The summed E-state index contributed by atoms with van der Waals surface area (Å²) in [6.07, 6.45) is 3.14. The van der Waals surface area contributed by atoms with Crippen LogP contribution < -0.4 is 4.74 Å². The number of benzene rings is 1. The second-order valence-electron chi connectivity index (χ2n) is 6.06. The Labute approximate surface area is 148 Å². The van der Waals surface area contributed by atoms with Crippen molar-refractivity contribution in [3.8, 4) is 11.4 Å². The van der Waals surface area contributed by atoms with E-state index in [-0.39, 0.29) is 5.76 Å². The summed E-state index contributed by atoms with van der Waals surface area (Å²) in [5.41, 5.74) is 3.84. The van der Waals surface area contributed by atoms with Gasteiger partial charge in [0.2, 0.25) is 5.76 Å². The van der Waals surface area contributed by atoms with Crippen molar-refractivity contribution in [3.05, 3.63) is 53.2 Å². The zero-order valence-corrected chi connectivity index (χ0v) is 15.5. The average molecular weight is 344 g/mol. The van der Waals surface area contributed by atoms with Crippen LogP contribution in [0.2, 0.25) is 0 Å². The minimum absolute atomic E-state index is 0.0220. The Bertz CT molecular complexity index is 791. The number of nitrogens with zero attached hydrogens (tertiary/aromatic N) is 2. The van der Waals surface area contributed by atoms with Gasteiger partial charge >= 0.3 is 5.97 Å². The zero-order valence-electron chi connectivity index (χ0n) is 15.5. The van der Waals surface area contributed by atoms with Crippen molar-refractivity contribution in [2.24, 2.45) is 0 Å². The van der Waals surface area contributed by atoms with Crippen LogP contribution in [0, 0.1) is 13.8 Å². The molecule has 0 atom stereocenters. The highest BCUT2D eigenvalue weighted by Crippen LogP contribution is 2.27. The van der Waals surface area contributed by atoms with E-state index in [2.05, 4.69) is 18.9 Å². The van der Waals surface area contributed by atoms with Crippen LogP contribution >= 0.6 is 0 Å². The molecule has 6 nitrogen and oxygen atoms in total. The molecule has 1 aromatic heterocycles. The van der Waals surface area contributed by atoms with Gasteiger partial charge in [-0.05, 0) is 37.0 Å². The molecule has 0 unspecified atom stereocenters. The van der Waals surface area contributed by atoms with E-state index in [9.17, 15) is 4.79 Å². The van der Waals surface area contributed by atoms with Crippen LogP contribution in [0.25, 0.3) is 5.69 Å². The maximum Gasteiger partial charge on any atom is 0.377 e. The third-order valence-electron chi connectivity index (χ3n) is 3.77. The molecule has 134 valence electrons. The molecule has 0 N–H and O–H groups in total. The number of ether oxygens (including phenoxy) is 3. The van der Waals surface area contributed by atoms with E-state index >= 15 is 0 Å². The van der Waals surface area contributed by atoms with Gasteiger partial charge in [-0.2, -0.15) is 5.10 Å². The fraction of sp³-hybridized carbons (Fsp3) is 0.368. The second-order valence-corrected chi connectivity index (χ2v) is 6.06. The number of aryl methyl sites for hydroxylation is 2. The molecule has 1 heterocycles. The van der Waals surface area contributed by atoms with Crippen molar-refractivity contribution in [2.75, 3.05) is 14.2 Å². The minimum Gasteiger partial charge on any atom is -0.500 e. The maximum atomic E-state index is 11.8. The number of hydrogen-bond acceptors (Lipinski definition) is 5. The number of carbonyl (C=O) groups is 1. The standard InChI is InChI=1S/C19H24N2O4/c1-12(2)15-7-8-21(20-15)16-10-17(14(4)9-13(16)3)25-18(11-23-5)19(22)24-6/h7-12H,1-6H3/b18-11-. The van der Waals surface area contributed by atoms with Crippen LogP contribution in [0.3, 0.4) is 0 Å². The Hall–Kier alpha value is -2.76. The number of aromatic nitrogens is 2. The van der Waals surface area contributed by atoms with Crippen molar-refractivity contribution in [3.63, 3.8) is 0 Å². The second kappa shape index (κ2) is 7.88. The molecular weight excluding hydrogens is 320 g/mol. The molecule has 1 aromatic carbocycles. The summed E-state index contributed by atoms with van der Waals surface area (Å²) in [5.74, 6) is 0.255. The van der Waals surface area contributed by atoms with Gasteiger partial charge in [-0.3, -0.25) is 0 Å². The Morgan fingerprint density at radius 1 is 1.20 bits per heavy atom. The lowest BCUT2D eigenvalue weighted by Gasteiger charge is -2.14. The highest BCUT2D eigenvalue weighted by molar-refractivity contribution is 5.86. The summed E-state index contributed by atoms with van der Waals surface area (Å²) < 4.78 is 17.2. The van der Waals surface area contributed by atoms with Crippen LogP contribution in [0.5, 0.6) is 5.75 Å². The zero-order chi connectivity index (χ0) is 18.6. The largest absolute Gasteiger partial charge is 0.500 e. The Kier molecular flexibility index (Phi) is 5.85. The first kappa shape index (κ1) is 18.6. The number of hydrogen-bond donors (Lipinski definition) is 0. The molecule has 0 spiro atoms. The SMILES string of the molecule is CO/C=C(\Oc1cc(-n2ccc(C(C)C)n2)c(C)cc1C)C(=O)OC. The fourth-order valence-corrected chi connectivity index (χ4v) is 2.40. The van der Waals surface area contributed by atoms with Crippen molar-refractivity contribution in [1.29, 1.82) is 0 Å². The van der Waals surface area contributed by atoms with Gasteiger partial charge in [-0.25, -0.2) is 9.48 Å². The van der Waals surface area contributed by atoms with E-state index in [0.717, 1.165) is 22.5 Å². The molecule has 0 aliphatic heterocycles. The van der Waals surface area contributed by atoms with Crippen LogP contribution in [-0.2, 0) is 14.3 Å². The van der Waals surface area contributed by atoms with Gasteiger partial charge < -0.3 is 14.2 Å². The van der Waals surface area contributed by atoms with Gasteiger partial charge in [-0.1, -0.05) is 19.9 Å². The summed E-state index contributed by atoms with van der Waals surface area (Å²) in [6, 6.07) is 5.84. The summed E-state index contributed by atoms with van der Waals surface area (Å²) in [5, 5.41) is 4.61. The molecule has 0 radical (unpaired) electrons. The quantitative estimate of drug-likeness (QED) is 0.455. The number of methoxy groups -OCH3 is 2. The third kappa shape index (κ3) is 4.21. The number of carbonyl (C=O) groups excluding carboxylic acids is 1. The molecule has 0 amide bonds. The average Bonchev–Trinajstić information content (AvgIpc) is 3.05. The molecule has 0 fully saturated rings. The molecule has 2 aromatic rings. The Morgan fingerprint density at radius 2 is 1.92 bits per heavy atom. The first-order valence-electron chi connectivity index (χ1n) is 8.03. The maximum absolute atomic E-state index is 11.8. The Balaban J connectivity index is 2.43. The molecular formula is C19H24N2O4. The van der Waals surface area contributed by atoms with Crippen LogP contribution in [0.4, 0.5) is 0 Å². The molecule has 0 bridgehead atoms. The Morgan fingerprint density at radius 3 is 2.48 bits per heavy atom. The first-order valence-corrected chi connectivity index (χ1v) is 8.03. The molecule has 0 saturated carbocycles. The van der Waals surface area contributed by atoms with Gasteiger partial charge in [0.15, 0.2) is 0 Å². The predicted molar refractivity (Wildman–Crippen MR) is 94.9 cm³/mol. The summed E-state index contributed by atoms with van der Waals surface area (Å²) >= 11 is 0.